The van der Waals surface area contributed by atoms with Gasteiger partial charge in [-0.05, 0) is 30.3 Å². The Morgan fingerprint density at radius 3 is 2.67 bits per heavy atom. The van der Waals surface area contributed by atoms with E-state index < -0.39 is 0 Å². The molecule has 1 aliphatic carbocycles. The molecule has 0 aromatic rings. The van der Waals surface area contributed by atoms with Gasteiger partial charge in [0.15, 0.2) is 0 Å². The molecule has 0 aliphatic heterocycles. The van der Waals surface area contributed by atoms with Crippen LogP contribution in [0, 0.1) is 5.41 Å². The monoisotopic (exact) mass is 167 g/mol. The Morgan fingerprint density at radius 2 is 2.17 bits per heavy atom. The van der Waals surface area contributed by atoms with Crippen molar-refractivity contribution in [2.45, 2.75) is 33.1 Å². The highest BCUT2D eigenvalue weighted by Crippen LogP contribution is 2.36. The summed E-state index contributed by atoms with van der Waals surface area (Å²) in [5.41, 5.74) is 2.56. The summed E-state index contributed by atoms with van der Waals surface area (Å²) in [6.45, 7) is 8.53. The summed E-state index contributed by atoms with van der Waals surface area (Å²) in [6.07, 6.45) is 3.21. The highest BCUT2D eigenvalue weighted by atomic mass is 16.6. The number of hydrogen-bond donors (Lipinski definition) is 0. The van der Waals surface area contributed by atoms with E-state index in [1.54, 1.807) is 7.11 Å². The van der Waals surface area contributed by atoms with E-state index in [1.807, 2.05) is 0 Å². The molecular formula is C10H17NO. The first kappa shape index (κ1) is 9.30. The molecule has 0 aromatic heterocycles. The zero-order valence-corrected chi connectivity index (χ0v) is 8.18. The van der Waals surface area contributed by atoms with Crippen molar-refractivity contribution in [2.24, 2.45) is 10.6 Å². The molecule has 0 N–H and O–H groups in total. The summed E-state index contributed by atoms with van der Waals surface area (Å²) in [4.78, 5) is 4.75. The second-order valence-electron chi connectivity index (χ2n) is 4.17. The lowest BCUT2D eigenvalue weighted by atomic mass is 9.75. The van der Waals surface area contributed by atoms with Gasteiger partial charge in [-0.1, -0.05) is 25.6 Å². The van der Waals surface area contributed by atoms with Gasteiger partial charge in [0.2, 0.25) is 0 Å². The van der Waals surface area contributed by atoms with Gasteiger partial charge in [-0.3, -0.25) is 0 Å². The van der Waals surface area contributed by atoms with Crippen LogP contribution in [0.5, 0.6) is 0 Å². The van der Waals surface area contributed by atoms with E-state index in [-0.39, 0.29) is 0 Å². The Kier molecular flexibility index (Phi) is 2.55. The first-order valence-electron chi connectivity index (χ1n) is 4.33. The molecule has 2 heteroatoms. The van der Waals surface area contributed by atoms with Crippen LogP contribution in [0.1, 0.15) is 33.1 Å². The van der Waals surface area contributed by atoms with Crippen LogP contribution in [-0.2, 0) is 4.84 Å². The van der Waals surface area contributed by atoms with Gasteiger partial charge in [0.1, 0.15) is 7.11 Å². The van der Waals surface area contributed by atoms with Crippen LogP contribution < -0.4 is 0 Å². The molecular weight excluding hydrogens is 150 g/mol. The summed E-state index contributed by atoms with van der Waals surface area (Å²) >= 11 is 0. The normalized spacial score (nSPS) is 25.9. The minimum Gasteiger partial charge on any atom is -0.399 e. The third-order valence-electron chi connectivity index (χ3n) is 2.34. The van der Waals surface area contributed by atoms with Crippen molar-refractivity contribution in [1.82, 2.24) is 0 Å². The van der Waals surface area contributed by atoms with Gasteiger partial charge < -0.3 is 4.84 Å². The van der Waals surface area contributed by atoms with Crippen LogP contribution in [0.4, 0.5) is 0 Å². The molecule has 1 aliphatic rings. The molecule has 0 bridgehead atoms. The SMILES string of the molecule is C=C1CC(C)(C)CC/C1=N/OC. The van der Waals surface area contributed by atoms with E-state index in [1.165, 1.54) is 6.42 Å². The molecule has 1 saturated carbocycles. The summed E-state index contributed by atoms with van der Waals surface area (Å²) in [5.74, 6) is 0. The van der Waals surface area contributed by atoms with Crippen LogP contribution in [0.3, 0.4) is 0 Å². The second-order valence-corrected chi connectivity index (χ2v) is 4.17. The van der Waals surface area contributed by atoms with Gasteiger partial charge in [-0.15, -0.1) is 0 Å². The van der Waals surface area contributed by atoms with Crippen molar-refractivity contribution >= 4 is 5.71 Å². The fraction of sp³-hybridized carbons (Fsp3) is 0.700. The Hall–Kier alpha value is -0.790. The Morgan fingerprint density at radius 1 is 1.50 bits per heavy atom. The zero-order valence-electron chi connectivity index (χ0n) is 8.18. The fourth-order valence-electron chi connectivity index (χ4n) is 1.62. The van der Waals surface area contributed by atoms with Gasteiger partial charge in [0.25, 0.3) is 0 Å². The lowest BCUT2D eigenvalue weighted by Crippen LogP contribution is -2.23. The van der Waals surface area contributed by atoms with Gasteiger partial charge in [-0.25, -0.2) is 0 Å². The van der Waals surface area contributed by atoms with E-state index in [2.05, 4.69) is 25.6 Å². The lowest BCUT2D eigenvalue weighted by Gasteiger charge is -2.31. The smallest absolute Gasteiger partial charge is 0.106 e. The molecule has 0 atom stereocenters. The Labute approximate surface area is 74.3 Å². The zero-order chi connectivity index (χ0) is 9.19. The predicted octanol–water partition coefficient (Wildman–Crippen LogP) is 2.76. The number of allylic oxidation sites excluding steroid dienone is 1. The van der Waals surface area contributed by atoms with E-state index >= 15 is 0 Å². The number of rotatable bonds is 1. The molecule has 1 rings (SSSR count). The molecule has 0 spiro atoms. The number of hydrogen-bond acceptors (Lipinski definition) is 2. The topological polar surface area (TPSA) is 21.6 Å². The van der Waals surface area contributed by atoms with E-state index in [0.717, 1.165) is 24.1 Å². The van der Waals surface area contributed by atoms with E-state index in [0.29, 0.717) is 5.41 Å². The van der Waals surface area contributed by atoms with Crippen molar-refractivity contribution in [3.05, 3.63) is 12.2 Å². The van der Waals surface area contributed by atoms with Gasteiger partial charge in [-0.2, -0.15) is 0 Å². The maximum Gasteiger partial charge on any atom is 0.106 e. The van der Waals surface area contributed by atoms with Crippen LogP contribution in [0.2, 0.25) is 0 Å². The Balaban J connectivity index is 2.66. The molecule has 2 nitrogen and oxygen atoms in total. The maximum atomic E-state index is 4.75. The van der Waals surface area contributed by atoms with Crippen molar-refractivity contribution in [1.29, 1.82) is 0 Å². The molecule has 0 aromatic carbocycles. The number of nitrogens with zero attached hydrogens (tertiary/aromatic N) is 1. The molecule has 0 heterocycles. The molecule has 1 fully saturated rings. The minimum absolute atomic E-state index is 0.393. The average molecular weight is 167 g/mol. The summed E-state index contributed by atoms with van der Waals surface area (Å²) in [7, 11) is 1.58. The summed E-state index contributed by atoms with van der Waals surface area (Å²) in [5, 5.41) is 3.95. The highest BCUT2D eigenvalue weighted by molar-refractivity contribution is 6.00. The standard InChI is InChI=1S/C10H17NO/c1-8-7-10(2,3)6-5-9(8)11-12-4/h1,5-7H2,2-4H3/b11-9-. The van der Waals surface area contributed by atoms with Crippen LogP contribution in [0.25, 0.3) is 0 Å². The molecule has 0 saturated heterocycles. The van der Waals surface area contributed by atoms with Gasteiger partial charge in [0.05, 0.1) is 5.71 Å². The van der Waals surface area contributed by atoms with Crippen molar-refractivity contribution in [2.75, 3.05) is 7.11 Å². The summed E-state index contributed by atoms with van der Waals surface area (Å²) in [6, 6.07) is 0. The van der Waals surface area contributed by atoms with Crippen molar-refractivity contribution in [3.8, 4) is 0 Å². The fourth-order valence-corrected chi connectivity index (χ4v) is 1.62. The number of oxime groups is 1. The first-order chi connectivity index (χ1) is 5.55. The van der Waals surface area contributed by atoms with E-state index in [4.69, 9.17) is 4.84 Å². The Bertz CT molecular complexity index is 216. The average Bonchev–Trinajstić information content (AvgIpc) is 1.94. The van der Waals surface area contributed by atoms with E-state index in [9.17, 15) is 0 Å². The molecule has 68 valence electrons. The molecule has 0 amide bonds. The minimum atomic E-state index is 0.393. The third kappa shape index (κ3) is 2.10. The lowest BCUT2D eigenvalue weighted by molar-refractivity contribution is 0.210. The van der Waals surface area contributed by atoms with Crippen molar-refractivity contribution < 1.29 is 4.84 Å². The molecule has 12 heavy (non-hydrogen) atoms. The van der Waals surface area contributed by atoms with Crippen LogP contribution >= 0.6 is 0 Å². The summed E-state index contributed by atoms with van der Waals surface area (Å²) < 4.78 is 0. The maximum absolute atomic E-state index is 4.75. The quantitative estimate of drug-likeness (QED) is 0.550. The first-order valence-corrected chi connectivity index (χ1v) is 4.33. The molecule has 0 unspecified atom stereocenters. The largest absolute Gasteiger partial charge is 0.399 e. The van der Waals surface area contributed by atoms with Gasteiger partial charge in [0, 0.05) is 0 Å². The van der Waals surface area contributed by atoms with Crippen molar-refractivity contribution in [3.63, 3.8) is 0 Å². The van der Waals surface area contributed by atoms with Gasteiger partial charge >= 0.3 is 0 Å². The molecule has 0 radical (unpaired) electrons. The third-order valence-corrected chi connectivity index (χ3v) is 2.34. The predicted molar refractivity (Wildman–Crippen MR) is 51.2 cm³/mol. The highest BCUT2D eigenvalue weighted by Gasteiger charge is 2.27. The van der Waals surface area contributed by atoms with Crippen LogP contribution in [0.15, 0.2) is 17.3 Å². The second kappa shape index (κ2) is 3.30. The van der Waals surface area contributed by atoms with Crippen LogP contribution in [-0.4, -0.2) is 12.8 Å².